The molecule has 0 radical (unpaired) electrons. The standard InChI is InChI=1S/C11H11Cl2NO2/c1-6(7(2)15)14-11(16)10-8(12)4-3-5-9(10)13/h3-6H,1-2H3,(H,14,16). The van der Waals surface area contributed by atoms with Gasteiger partial charge in [0.25, 0.3) is 5.91 Å². The van der Waals surface area contributed by atoms with E-state index < -0.39 is 11.9 Å². The lowest BCUT2D eigenvalue weighted by Crippen LogP contribution is -2.37. The van der Waals surface area contributed by atoms with Crippen LogP contribution in [0.2, 0.25) is 10.0 Å². The van der Waals surface area contributed by atoms with E-state index in [9.17, 15) is 9.59 Å². The maximum atomic E-state index is 11.8. The van der Waals surface area contributed by atoms with Crippen LogP contribution in [0.15, 0.2) is 18.2 Å². The van der Waals surface area contributed by atoms with Crippen molar-refractivity contribution < 1.29 is 9.59 Å². The van der Waals surface area contributed by atoms with Gasteiger partial charge in [-0.05, 0) is 26.0 Å². The van der Waals surface area contributed by atoms with E-state index in [1.165, 1.54) is 6.92 Å². The minimum atomic E-state index is -0.556. The third kappa shape index (κ3) is 2.97. The number of Topliss-reactive ketones (excluding diaryl/α,β-unsaturated/α-hetero) is 1. The summed E-state index contributed by atoms with van der Waals surface area (Å²) in [5, 5.41) is 3.05. The zero-order valence-corrected chi connectivity index (χ0v) is 10.4. The van der Waals surface area contributed by atoms with Crippen LogP contribution in [0, 0.1) is 0 Å². The fourth-order valence-electron chi connectivity index (χ4n) is 1.09. The number of ketones is 1. The first-order valence-electron chi connectivity index (χ1n) is 4.68. The molecule has 1 atom stereocenters. The molecule has 1 amide bonds. The molecule has 0 fully saturated rings. The average molecular weight is 260 g/mol. The lowest BCUT2D eigenvalue weighted by molar-refractivity contribution is -0.118. The lowest BCUT2D eigenvalue weighted by Gasteiger charge is -2.12. The van der Waals surface area contributed by atoms with Gasteiger partial charge in [-0.2, -0.15) is 0 Å². The molecule has 0 bridgehead atoms. The highest BCUT2D eigenvalue weighted by Gasteiger charge is 2.17. The number of rotatable bonds is 3. The highest BCUT2D eigenvalue weighted by molar-refractivity contribution is 6.39. The lowest BCUT2D eigenvalue weighted by atomic mass is 10.1. The van der Waals surface area contributed by atoms with Crippen molar-refractivity contribution in [1.29, 1.82) is 0 Å². The van der Waals surface area contributed by atoms with Crippen molar-refractivity contribution in [2.45, 2.75) is 19.9 Å². The molecule has 0 saturated heterocycles. The van der Waals surface area contributed by atoms with Crippen molar-refractivity contribution in [3.05, 3.63) is 33.8 Å². The van der Waals surface area contributed by atoms with Gasteiger partial charge in [0.1, 0.15) is 0 Å². The van der Waals surface area contributed by atoms with Crippen LogP contribution in [0.25, 0.3) is 0 Å². The van der Waals surface area contributed by atoms with Crippen molar-refractivity contribution >= 4 is 34.9 Å². The maximum absolute atomic E-state index is 11.8. The van der Waals surface area contributed by atoms with Crippen LogP contribution in [0.3, 0.4) is 0 Å². The molecule has 3 nitrogen and oxygen atoms in total. The Morgan fingerprint density at radius 1 is 1.25 bits per heavy atom. The summed E-state index contributed by atoms with van der Waals surface area (Å²) in [6.45, 7) is 3.00. The van der Waals surface area contributed by atoms with Crippen LogP contribution < -0.4 is 5.32 Å². The summed E-state index contributed by atoms with van der Waals surface area (Å²) in [7, 11) is 0. The molecule has 0 aromatic heterocycles. The monoisotopic (exact) mass is 259 g/mol. The normalized spacial score (nSPS) is 12.0. The van der Waals surface area contributed by atoms with Crippen molar-refractivity contribution in [2.24, 2.45) is 0 Å². The Morgan fingerprint density at radius 3 is 2.19 bits per heavy atom. The fraction of sp³-hybridized carbons (Fsp3) is 0.273. The van der Waals surface area contributed by atoms with Crippen LogP contribution in [0.5, 0.6) is 0 Å². The molecular weight excluding hydrogens is 249 g/mol. The molecule has 0 aliphatic rings. The first kappa shape index (κ1) is 13.0. The smallest absolute Gasteiger partial charge is 0.254 e. The fourth-order valence-corrected chi connectivity index (χ4v) is 1.65. The van der Waals surface area contributed by atoms with E-state index in [1.54, 1.807) is 25.1 Å². The third-order valence-electron chi connectivity index (χ3n) is 2.15. The Hall–Kier alpha value is -1.06. The molecule has 1 N–H and O–H groups in total. The van der Waals surface area contributed by atoms with Crippen molar-refractivity contribution in [3.63, 3.8) is 0 Å². The number of nitrogens with one attached hydrogen (secondary N) is 1. The predicted octanol–water partition coefficient (Wildman–Crippen LogP) is 2.70. The largest absolute Gasteiger partial charge is 0.342 e. The van der Waals surface area contributed by atoms with Gasteiger partial charge in [0, 0.05) is 0 Å². The van der Waals surface area contributed by atoms with Crippen molar-refractivity contribution in [2.75, 3.05) is 0 Å². The van der Waals surface area contributed by atoms with E-state index in [-0.39, 0.29) is 21.4 Å². The molecule has 16 heavy (non-hydrogen) atoms. The zero-order valence-electron chi connectivity index (χ0n) is 8.88. The van der Waals surface area contributed by atoms with E-state index >= 15 is 0 Å². The molecule has 0 aliphatic carbocycles. The SMILES string of the molecule is CC(=O)C(C)NC(=O)c1c(Cl)cccc1Cl. The summed E-state index contributed by atoms with van der Waals surface area (Å²) >= 11 is 11.7. The van der Waals surface area contributed by atoms with Crippen LogP contribution in [-0.2, 0) is 4.79 Å². The number of halogens is 2. The molecule has 1 aromatic rings. The average Bonchev–Trinajstić information content (AvgIpc) is 2.16. The first-order chi connectivity index (χ1) is 7.43. The van der Waals surface area contributed by atoms with Gasteiger partial charge in [-0.25, -0.2) is 0 Å². The van der Waals surface area contributed by atoms with Crippen molar-refractivity contribution in [1.82, 2.24) is 5.32 Å². The van der Waals surface area contributed by atoms with E-state index in [2.05, 4.69) is 5.32 Å². The molecule has 1 unspecified atom stereocenters. The summed E-state index contributed by atoms with van der Waals surface area (Å²) in [5.41, 5.74) is 0.193. The molecule has 0 spiro atoms. The van der Waals surface area contributed by atoms with Gasteiger partial charge in [-0.3, -0.25) is 9.59 Å². The summed E-state index contributed by atoms with van der Waals surface area (Å²) < 4.78 is 0. The minimum absolute atomic E-state index is 0.128. The minimum Gasteiger partial charge on any atom is -0.342 e. The Balaban J connectivity index is 2.93. The Bertz CT molecular complexity index is 412. The summed E-state index contributed by atoms with van der Waals surface area (Å²) in [5.74, 6) is -0.574. The van der Waals surface area contributed by atoms with E-state index in [0.717, 1.165) is 0 Å². The topological polar surface area (TPSA) is 46.2 Å². The second kappa shape index (κ2) is 5.32. The van der Waals surface area contributed by atoms with Crippen LogP contribution in [-0.4, -0.2) is 17.7 Å². The quantitative estimate of drug-likeness (QED) is 0.908. The number of amides is 1. The second-order valence-corrected chi connectivity index (χ2v) is 4.22. The van der Waals surface area contributed by atoms with Crippen molar-refractivity contribution in [3.8, 4) is 0 Å². The number of carbonyl (C=O) groups excluding carboxylic acids is 2. The van der Waals surface area contributed by atoms with Gasteiger partial charge in [0.05, 0.1) is 21.7 Å². The number of hydrogen-bond donors (Lipinski definition) is 1. The Labute approximate surface area is 104 Å². The molecule has 1 rings (SSSR count). The van der Waals surface area contributed by atoms with Crippen LogP contribution in [0.1, 0.15) is 24.2 Å². The molecule has 1 aromatic carbocycles. The van der Waals surface area contributed by atoms with Gasteiger partial charge in [0.2, 0.25) is 0 Å². The molecule has 0 heterocycles. The third-order valence-corrected chi connectivity index (χ3v) is 2.78. The van der Waals surface area contributed by atoms with Crippen LogP contribution in [0.4, 0.5) is 0 Å². The first-order valence-corrected chi connectivity index (χ1v) is 5.44. The number of hydrogen-bond acceptors (Lipinski definition) is 2. The summed E-state index contributed by atoms with van der Waals surface area (Å²) in [6, 6.07) is 4.23. The Morgan fingerprint density at radius 2 is 1.75 bits per heavy atom. The highest BCUT2D eigenvalue weighted by Crippen LogP contribution is 2.23. The summed E-state index contributed by atoms with van der Waals surface area (Å²) in [6.07, 6.45) is 0. The molecule has 0 saturated carbocycles. The maximum Gasteiger partial charge on any atom is 0.254 e. The van der Waals surface area contributed by atoms with E-state index in [4.69, 9.17) is 23.2 Å². The van der Waals surface area contributed by atoms with Gasteiger partial charge in [-0.1, -0.05) is 29.3 Å². The van der Waals surface area contributed by atoms with E-state index in [0.29, 0.717) is 0 Å². The number of carbonyl (C=O) groups is 2. The Kier molecular flexibility index (Phi) is 4.33. The summed E-state index contributed by atoms with van der Waals surface area (Å²) in [4.78, 5) is 22.8. The number of benzene rings is 1. The van der Waals surface area contributed by atoms with Gasteiger partial charge in [0.15, 0.2) is 5.78 Å². The second-order valence-electron chi connectivity index (χ2n) is 3.40. The molecule has 86 valence electrons. The molecule has 0 aliphatic heterocycles. The van der Waals surface area contributed by atoms with Gasteiger partial charge >= 0.3 is 0 Å². The van der Waals surface area contributed by atoms with Crippen LogP contribution >= 0.6 is 23.2 Å². The van der Waals surface area contributed by atoms with E-state index in [1.807, 2.05) is 0 Å². The van der Waals surface area contributed by atoms with Gasteiger partial charge < -0.3 is 5.32 Å². The molecular formula is C11H11Cl2NO2. The van der Waals surface area contributed by atoms with Gasteiger partial charge in [-0.15, -0.1) is 0 Å². The zero-order chi connectivity index (χ0) is 12.3. The molecule has 5 heteroatoms. The highest BCUT2D eigenvalue weighted by atomic mass is 35.5. The predicted molar refractivity (Wildman–Crippen MR) is 64.1 cm³/mol.